The van der Waals surface area contributed by atoms with Crippen LogP contribution in [0.1, 0.15) is 13.3 Å². The van der Waals surface area contributed by atoms with E-state index in [2.05, 4.69) is 15.6 Å². The fourth-order valence-electron chi connectivity index (χ4n) is 1.67. The van der Waals surface area contributed by atoms with Gasteiger partial charge in [0.15, 0.2) is 0 Å². The van der Waals surface area contributed by atoms with E-state index in [1.807, 2.05) is 31.5 Å². The topological polar surface area (TPSA) is 27.1 Å². The van der Waals surface area contributed by atoms with Crippen molar-refractivity contribution in [3.8, 4) is 0 Å². The Bertz CT molecular complexity index is 422. The number of fused-ring (bicyclic) bond motifs is 1. The van der Waals surface area contributed by atoms with Crippen LogP contribution in [-0.4, -0.2) is 22.8 Å². The van der Waals surface area contributed by atoms with E-state index in [9.17, 15) is 0 Å². The number of para-hydroxylation sites is 2. The van der Waals surface area contributed by atoms with Gasteiger partial charge in [-0.15, -0.1) is 0 Å². The predicted molar refractivity (Wildman–Crippen MR) is 60.8 cm³/mol. The molecule has 15 heavy (non-hydrogen) atoms. The molecule has 1 heterocycles. The largest absolute Gasteiger partial charge is 0.382 e. The second kappa shape index (κ2) is 4.94. The first kappa shape index (κ1) is 10.2. The van der Waals surface area contributed by atoms with Gasteiger partial charge < -0.3 is 9.30 Å². The van der Waals surface area contributed by atoms with Gasteiger partial charge in [-0.3, -0.25) is 0 Å². The highest BCUT2D eigenvalue weighted by Gasteiger charge is 1.99. The number of nitrogens with zero attached hydrogens (tertiary/aromatic N) is 2. The highest BCUT2D eigenvalue weighted by Crippen LogP contribution is 2.11. The van der Waals surface area contributed by atoms with Crippen LogP contribution in [0.4, 0.5) is 0 Å². The van der Waals surface area contributed by atoms with E-state index in [-0.39, 0.29) is 0 Å². The molecule has 0 radical (unpaired) electrons. The van der Waals surface area contributed by atoms with Gasteiger partial charge in [-0.1, -0.05) is 12.1 Å². The molecule has 0 atom stereocenters. The fraction of sp³-hybridized carbons (Fsp3) is 0.417. The third-order valence-electron chi connectivity index (χ3n) is 2.42. The number of imidazole rings is 1. The van der Waals surface area contributed by atoms with Gasteiger partial charge in [0, 0.05) is 19.8 Å². The van der Waals surface area contributed by atoms with Gasteiger partial charge in [-0.25, -0.2) is 4.98 Å². The maximum absolute atomic E-state index is 5.31. The number of benzene rings is 1. The summed E-state index contributed by atoms with van der Waals surface area (Å²) in [5, 5.41) is 0. The van der Waals surface area contributed by atoms with E-state index in [0.717, 1.165) is 31.7 Å². The molecule has 0 bridgehead atoms. The Morgan fingerprint density at radius 3 is 3.07 bits per heavy atom. The van der Waals surface area contributed by atoms with Gasteiger partial charge in [0.2, 0.25) is 0 Å². The van der Waals surface area contributed by atoms with Crippen LogP contribution in [-0.2, 0) is 11.3 Å². The average molecular weight is 204 g/mol. The van der Waals surface area contributed by atoms with Crippen LogP contribution in [0.5, 0.6) is 0 Å². The molecular formula is C12H16N2O. The summed E-state index contributed by atoms with van der Waals surface area (Å²) in [4.78, 5) is 4.34. The monoisotopic (exact) mass is 204 g/mol. The lowest BCUT2D eigenvalue weighted by atomic mass is 10.3. The number of aryl methyl sites for hydroxylation is 1. The van der Waals surface area contributed by atoms with Crippen molar-refractivity contribution in [1.29, 1.82) is 0 Å². The molecule has 0 unspecified atom stereocenters. The minimum atomic E-state index is 0.796. The minimum absolute atomic E-state index is 0.796. The molecule has 1 aromatic carbocycles. The van der Waals surface area contributed by atoms with E-state index >= 15 is 0 Å². The zero-order valence-corrected chi connectivity index (χ0v) is 9.02. The van der Waals surface area contributed by atoms with Crippen LogP contribution in [0.3, 0.4) is 0 Å². The molecule has 0 saturated carbocycles. The molecule has 0 aliphatic heterocycles. The number of hydrogen-bond donors (Lipinski definition) is 0. The Hall–Kier alpha value is -1.35. The molecule has 0 amide bonds. The molecule has 2 rings (SSSR count). The third kappa shape index (κ3) is 2.36. The molecule has 2 aromatic rings. The zero-order valence-electron chi connectivity index (χ0n) is 9.02. The highest BCUT2D eigenvalue weighted by molar-refractivity contribution is 5.74. The van der Waals surface area contributed by atoms with E-state index in [1.165, 1.54) is 5.52 Å². The maximum Gasteiger partial charge on any atom is 0.0958 e. The van der Waals surface area contributed by atoms with E-state index in [1.54, 1.807) is 0 Å². The van der Waals surface area contributed by atoms with Crippen molar-refractivity contribution < 1.29 is 4.74 Å². The number of aromatic nitrogens is 2. The predicted octanol–water partition coefficient (Wildman–Crippen LogP) is 2.46. The van der Waals surface area contributed by atoms with Crippen molar-refractivity contribution in [3.05, 3.63) is 30.6 Å². The lowest BCUT2D eigenvalue weighted by Crippen LogP contribution is -2.01. The molecule has 1 aromatic heterocycles. The summed E-state index contributed by atoms with van der Waals surface area (Å²) in [5.74, 6) is 0. The van der Waals surface area contributed by atoms with Crippen LogP contribution >= 0.6 is 0 Å². The summed E-state index contributed by atoms with van der Waals surface area (Å²) in [6, 6.07) is 8.19. The molecule has 0 spiro atoms. The lowest BCUT2D eigenvalue weighted by molar-refractivity contribution is 0.142. The molecule has 80 valence electrons. The van der Waals surface area contributed by atoms with Crippen molar-refractivity contribution in [2.45, 2.75) is 19.9 Å². The Labute approximate surface area is 89.7 Å². The molecule has 3 heteroatoms. The van der Waals surface area contributed by atoms with Crippen LogP contribution in [0.25, 0.3) is 11.0 Å². The van der Waals surface area contributed by atoms with Crippen molar-refractivity contribution in [2.24, 2.45) is 0 Å². The summed E-state index contributed by atoms with van der Waals surface area (Å²) >= 11 is 0. The average Bonchev–Trinajstić information content (AvgIpc) is 2.68. The van der Waals surface area contributed by atoms with E-state index in [0.29, 0.717) is 0 Å². The Kier molecular flexibility index (Phi) is 3.35. The number of hydrogen-bond acceptors (Lipinski definition) is 2. The highest BCUT2D eigenvalue weighted by atomic mass is 16.5. The molecule has 0 N–H and O–H groups in total. The van der Waals surface area contributed by atoms with E-state index < -0.39 is 0 Å². The SMILES string of the molecule is CCOCCCn1cnc2ccccc21. The number of ether oxygens (including phenoxy) is 1. The third-order valence-corrected chi connectivity index (χ3v) is 2.42. The molecule has 0 aliphatic rings. The van der Waals surface area contributed by atoms with E-state index in [4.69, 9.17) is 4.74 Å². The van der Waals surface area contributed by atoms with Crippen LogP contribution < -0.4 is 0 Å². The summed E-state index contributed by atoms with van der Waals surface area (Å²) in [6.45, 7) is 4.61. The van der Waals surface area contributed by atoms with Crippen molar-refractivity contribution in [1.82, 2.24) is 9.55 Å². The maximum atomic E-state index is 5.31. The molecular weight excluding hydrogens is 188 g/mol. The zero-order chi connectivity index (χ0) is 10.5. The Balaban J connectivity index is 2.02. The summed E-state index contributed by atoms with van der Waals surface area (Å²) in [7, 11) is 0. The Morgan fingerprint density at radius 1 is 1.33 bits per heavy atom. The normalized spacial score (nSPS) is 11.0. The van der Waals surface area contributed by atoms with Crippen LogP contribution in [0.2, 0.25) is 0 Å². The quantitative estimate of drug-likeness (QED) is 0.699. The standard InChI is InChI=1S/C12H16N2O/c1-2-15-9-5-8-14-10-13-11-6-3-4-7-12(11)14/h3-4,6-7,10H,2,5,8-9H2,1H3. The first-order valence-electron chi connectivity index (χ1n) is 5.39. The molecule has 3 nitrogen and oxygen atoms in total. The Morgan fingerprint density at radius 2 is 2.20 bits per heavy atom. The van der Waals surface area contributed by atoms with Crippen molar-refractivity contribution in [2.75, 3.05) is 13.2 Å². The van der Waals surface area contributed by atoms with Crippen LogP contribution in [0.15, 0.2) is 30.6 Å². The fourth-order valence-corrected chi connectivity index (χ4v) is 1.67. The molecule has 0 fully saturated rings. The molecule has 0 aliphatic carbocycles. The van der Waals surface area contributed by atoms with Gasteiger partial charge >= 0.3 is 0 Å². The van der Waals surface area contributed by atoms with Crippen LogP contribution in [0, 0.1) is 0 Å². The summed E-state index contributed by atoms with van der Waals surface area (Å²) < 4.78 is 7.49. The van der Waals surface area contributed by atoms with Gasteiger partial charge in [0.1, 0.15) is 0 Å². The number of rotatable bonds is 5. The molecule has 0 saturated heterocycles. The second-order valence-electron chi connectivity index (χ2n) is 3.48. The van der Waals surface area contributed by atoms with Crippen molar-refractivity contribution >= 4 is 11.0 Å². The smallest absolute Gasteiger partial charge is 0.0958 e. The summed E-state index contributed by atoms with van der Waals surface area (Å²) in [5.41, 5.74) is 2.27. The second-order valence-corrected chi connectivity index (χ2v) is 3.48. The van der Waals surface area contributed by atoms with Gasteiger partial charge in [0.05, 0.1) is 17.4 Å². The first-order valence-corrected chi connectivity index (χ1v) is 5.39. The van der Waals surface area contributed by atoms with Gasteiger partial charge in [0.25, 0.3) is 0 Å². The van der Waals surface area contributed by atoms with Gasteiger partial charge in [-0.2, -0.15) is 0 Å². The summed E-state index contributed by atoms with van der Waals surface area (Å²) in [6.07, 6.45) is 2.94. The minimum Gasteiger partial charge on any atom is -0.382 e. The van der Waals surface area contributed by atoms with Gasteiger partial charge in [-0.05, 0) is 25.5 Å². The first-order chi connectivity index (χ1) is 7.42. The lowest BCUT2D eigenvalue weighted by Gasteiger charge is -2.03. The van der Waals surface area contributed by atoms with Crippen molar-refractivity contribution in [3.63, 3.8) is 0 Å².